The van der Waals surface area contributed by atoms with Gasteiger partial charge in [0.05, 0.1) is 12.3 Å². The number of imide groups is 1. The van der Waals surface area contributed by atoms with E-state index in [-0.39, 0.29) is 11.8 Å². The van der Waals surface area contributed by atoms with E-state index in [0.717, 1.165) is 4.88 Å². The van der Waals surface area contributed by atoms with Crippen molar-refractivity contribution in [1.29, 1.82) is 0 Å². The summed E-state index contributed by atoms with van der Waals surface area (Å²) in [6.45, 7) is 4.49. The third kappa shape index (κ3) is 3.25. The van der Waals surface area contributed by atoms with Crippen LogP contribution in [-0.2, 0) is 4.79 Å². The van der Waals surface area contributed by atoms with E-state index in [1.54, 1.807) is 41.7 Å². The molecule has 0 atom stereocenters. The molecule has 0 fully saturated rings. The van der Waals surface area contributed by atoms with Gasteiger partial charge in [-0.3, -0.25) is 9.59 Å². The fourth-order valence-electron chi connectivity index (χ4n) is 3.26. The van der Waals surface area contributed by atoms with Gasteiger partial charge in [-0.05, 0) is 62.4 Å². The lowest BCUT2D eigenvalue weighted by atomic mass is 9.92. The number of rotatable bonds is 4. The summed E-state index contributed by atoms with van der Waals surface area (Å²) in [5, 5.41) is 0. The second-order valence-corrected chi connectivity index (χ2v) is 7.74. The largest absolute Gasteiger partial charge is 0.494 e. The van der Waals surface area contributed by atoms with Crippen molar-refractivity contribution in [3.05, 3.63) is 81.5 Å². The van der Waals surface area contributed by atoms with Gasteiger partial charge in [-0.2, -0.15) is 0 Å². The lowest BCUT2D eigenvalue weighted by molar-refractivity contribution is -0.112. The van der Waals surface area contributed by atoms with Crippen molar-refractivity contribution in [3.8, 4) is 5.75 Å². The Kier molecular flexibility index (Phi) is 4.84. The number of carbonyl (C=O) groups is 2. The number of carbonyl (C=O) groups excluding carboxylic acids is 2. The van der Waals surface area contributed by atoms with Crippen molar-refractivity contribution in [2.45, 2.75) is 13.8 Å². The standard InChI is InChI=1S/C23H19NO3S/c1-3-27-17-11-9-16(10-12-17)24-22(25)20-7-5-4-6-19(20)21(23(24)26)14-18-13-8-15(2)28-18/h4-14H,3H2,1-2H3/b21-14+. The number of ether oxygens (including phenoxy) is 1. The second kappa shape index (κ2) is 7.44. The quantitative estimate of drug-likeness (QED) is 0.456. The zero-order valence-electron chi connectivity index (χ0n) is 15.6. The van der Waals surface area contributed by atoms with Crippen LogP contribution in [0.4, 0.5) is 5.69 Å². The van der Waals surface area contributed by atoms with Crippen LogP contribution in [-0.4, -0.2) is 18.4 Å². The van der Waals surface area contributed by atoms with Crippen LogP contribution in [0, 0.1) is 6.92 Å². The Morgan fingerprint density at radius 2 is 1.64 bits per heavy atom. The fraction of sp³-hybridized carbons (Fsp3) is 0.130. The number of fused-ring (bicyclic) bond motifs is 1. The molecule has 1 aliphatic rings. The predicted molar refractivity (Wildman–Crippen MR) is 113 cm³/mol. The summed E-state index contributed by atoms with van der Waals surface area (Å²) in [5.74, 6) is 0.0663. The molecule has 0 saturated carbocycles. The second-order valence-electron chi connectivity index (χ2n) is 6.42. The summed E-state index contributed by atoms with van der Waals surface area (Å²) in [6.07, 6.45) is 1.87. The van der Waals surface area contributed by atoms with E-state index in [1.165, 1.54) is 9.78 Å². The highest BCUT2D eigenvalue weighted by Gasteiger charge is 2.35. The van der Waals surface area contributed by atoms with Crippen LogP contribution in [0.1, 0.15) is 32.6 Å². The Bertz CT molecular complexity index is 1080. The van der Waals surface area contributed by atoms with Crippen molar-refractivity contribution in [2.75, 3.05) is 11.5 Å². The normalized spacial score (nSPS) is 15.1. The van der Waals surface area contributed by atoms with Gasteiger partial charge in [0.25, 0.3) is 11.8 Å². The van der Waals surface area contributed by atoms with Crippen LogP contribution < -0.4 is 9.64 Å². The molecular formula is C23H19NO3S. The molecule has 2 aromatic carbocycles. The maximum absolute atomic E-state index is 13.3. The number of aryl methyl sites for hydroxylation is 1. The molecule has 2 amide bonds. The SMILES string of the molecule is CCOc1ccc(N2C(=O)/C(=C/c3ccc(C)s3)c3ccccc3C2=O)cc1. The predicted octanol–water partition coefficient (Wildman–Crippen LogP) is 5.18. The lowest BCUT2D eigenvalue weighted by Crippen LogP contribution is -2.41. The highest BCUT2D eigenvalue weighted by molar-refractivity contribution is 7.12. The van der Waals surface area contributed by atoms with Gasteiger partial charge in [0.2, 0.25) is 0 Å². The maximum Gasteiger partial charge on any atom is 0.266 e. The van der Waals surface area contributed by atoms with Gasteiger partial charge in [-0.15, -0.1) is 11.3 Å². The number of nitrogens with zero attached hydrogens (tertiary/aromatic N) is 1. The first-order chi connectivity index (χ1) is 13.6. The molecule has 28 heavy (non-hydrogen) atoms. The molecule has 0 saturated heterocycles. The smallest absolute Gasteiger partial charge is 0.266 e. The number of hydrogen-bond acceptors (Lipinski definition) is 4. The van der Waals surface area contributed by atoms with Crippen molar-refractivity contribution in [3.63, 3.8) is 0 Å². The molecule has 0 aliphatic carbocycles. The summed E-state index contributed by atoms with van der Waals surface area (Å²) in [4.78, 5) is 29.8. The average molecular weight is 389 g/mol. The maximum atomic E-state index is 13.3. The molecule has 0 bridgehead atoms. The molecule has 1 aliphatic heterocycles. The summed E-state index contributed by atoms with van der Waals surface area (Å²) in [5.41, 5.74) is 2.24. The van der Waals surface area contributed by atoms with E-state index in [9.17, 15) is 9.59 Å². The fourth-order valence-corrected chi connectivity index (χ4v) is 4.08. The van der Waals surface area contributed by atoms with Crippen molar-refractivity contribution in [2.24, 2.45) is 0 Å². The minimum atomic E-state index is -0.320. The first kappa shape index (κ1) is 18.2. The molecule has 4 nitrogen and oxygen atoms in total. The zero-order chi connectivity index (χ0) is 19.7. The highest BCUT2D eigenvalue weighted by atomic mass is 32.1. The van der Waals surface area contributed by atoms with E-state index < -0.39 is 0 Å². The Morgan fingerprint density at radius 3 is 2.29 bits per heavy atom. The number of amides is 2. The minimum Gasteiger partial charge on any atom is -0.494 e. The summed E-state index contributed by atoms with van der Waals surface area (Å²) in [7, 11) is 0. The number of hydrogen-bond donors (Lipinski definition) is 0. The van der Waals surface area contributed by atoms with Crippen LogP contribution in [0.25, 0.3) is 11.6 Å². The number of thiophene rings is 1. The van der Waals surface area contributed by atoms with E-state index in [4.69, 9.17) is 4.74 Å². The van der Waals surface area contributed by atoms with Crippen LogP contribution in [0.5, 0.6) is 5.75 Å². The van der Waals surface area contributed by atoms with E-state index in [0.29, 0.717) is 34.7 Å². The Morgan fingerprint density at radius 1 is 0.929 bits per heavy atom. The van der Waals surface area contributed by atoms with Crippen LogP contribution in [0.2, 0.25) is 0 Å². The van der Waals surface area contributed by atoms with Crippen LogP contribution >= 0.6 is 11.3 Å². The summed E-state index contributed by atoms with van der Waals surface area (Å²) >= 11 is 1.61. The van der Waals surface area contributed by atoms with Gasteiger partial charge in [-0.25, -0.2) is 4.90 Å². The average Bonchev–Trinajstić information content (AvgIpc) is 3.12. The molecule has 3 aromatic rings. The Labute approximate surface area is 167 Å². The van der Waals surface area contributed by atoms with Crippen LogP contribution in [0.15, 0.2) is 60.7 Å². The van der Waals surface area contributed by atoms with Gasteiger partial charge in [0, 0.05) is 26.5 Å². The van der Waals surface area contributed by atoms with Gasteiger partial charge in [0.15, 0.2) is 0 Å². The summed E-state index contributed by atoms with van der Waals surface area (Å²) in [6, 6.07) is 18.3. The molecule has 0 spiro atoms. The van der Waals surface area contributed by atoms with Crippen molar-refractivity contribution >= 4 is 40.5 Å². The molecule has 140 valence electrons. The summed E-state index contributed by atoms with van der Waals surface area (Å²) < 4.78 is 5.46. The molecule has 2 heterocycles. The van der Waals surface area contributed by atoms with E-state index >= 15 is 0 Å². The number of anilines is 1. The van der Waals surface area contributed by atoms with Crippen molar-refractivity contribution in [1.82, 2.24) is 0 Å². The number of benzene rings is 2. The van der Waals surface area contributed by atoms with Gasteiger partial charge in [-0.1, -0.05) is 18.2 Å². The molecule has 4 rings (SSSR count). The van der Waals surface area contributed by atoms with Crippen molar-refractivity contribution < 1.29 is 14.3 Å². The molecular weight excluding hydrogens is 370 g/mol. The lowest BCUT2D eigenvalue weighted by Gasteiger charge is -2.28. The third-order valence-corrected chi connectivity index (χ3v) is 5.49. The van der Waals surface area contributed by atoms with Gasteiger partial charge in [0.1, 0.15) is 5.75 Å². The Hall–Kier alpha value is -3.18. The van der Waals surface area contributed by atoms with E-state index in [2.05, 4.69) is 0 Å². The first-order valence-electron chi connectivity index (χ1n) is 9.07. The topological polar surface area (TPSA) is 46.6 Å². The highest BCUT2D eigenvalue weighted by Crippen LogP contribution is 2.34. The zero-order valence-corrected chi connectivity index (χ0v) is 16.5. The van der Waals surface area contributed by atoms with Crippen LogP contribution in [0.3, 0.4) is 0 Å². The monoisotopic (exact) mass is 389 g/mol. The Balaban J connectivity index is 1.82. The molecule has 0 unspecified atom stereocenters. The first-order valence-corrected chi connectivity index (χ1v) is 9.89. The molecule has 0 radical (unpaired) electrons. The molecule has 5 heteroatoms. The van der Waals surface area contributed by atoms with E-state index in [1.807, 2.05) is 50.3 Å². The molecule has 1 aromatic heterocycles. The van der Waals surface area contributed by atoms with Gasteiger partial charge < -0.3 is 4.74 Å². The minimum absolute atomic E-state index is 0.315. The molecule has 0 N–H and O–H groups in total. The van der Waals surface area contributed by atoms with Gasteiger partial charge >= 0.3 is 0 Å². The third-order valence-electron chi connectivity index (χ3n) is 4.54.